The highest BCUT2D eigenvalue weighted by atomic mass is 79.9. The van der Waals surface area contributed by atoms with Gasteiger partial charge in [0.25, 0.3) is 0 Å². The Kier molecular flexibility index (Phi) is 6.39. The number of nitrogens with zero attached hydrogens (tertiary/aromatic N) is 2. The van der Waals surface area contributed by atoms with E-state index in [9.17, 15) is 0 Å². The van der Waals surface area contributed by atoms with Crippen molar-refractivity contribution in [2.45, 2.75) is 38.0 Å². The van der Waals surface area contributed by atoms with Crippen LogP contribution in [0.25, 0.3) is 0 Å². The van der Waals surface area contributed by atoms with Crippen LogP contribution in [0.1, 0.15) is 38.2 Å². The Balaban J connectivity index is 1.47. The van der Waals surface area contributed by atoms with E-state index in [4.69, 9.17) is 0 Å². The van der Waals surface area contributed by atoms with Crippen molar-refractivity contribution >= 4 is 21.9 Å². The van der Waals surface area contributed by atoms with E-state index in [2.05, 4.69) is 67.6 Å². The number of hydrogen-bond acceptors (Lipinski definition) is 2. The molecule has 1 aliphatic heterocycles. The van der Waals surface area contributed by atoms with E-state index in [-0.39, 0.29) is 5.41 Å². The predicted molar refractivity (Wildman–Crippen MR) is 109 cm³/mol. The third-order valence-electron chi connectivity index (χ3n) is 5.58. The summed E-state index contributed by atoms with van der Waals surface area (Å²) in [5.41, 5.74) is 1.69. The maximum atomic E-state index is 4.42. The molecule has 5 heteroatoms. The van der Waals surface area contributed by atoms with Gasteiger partial charge in [0.15, 0.2) is 5.96 Å². The molecular formula is C20H31BrN4. The molecule has 25 heavy (non-hydrogen) atoms. The van der Waals surface area contributed by atoms with Crippen LogP contribution in [0, 0.1) is 5.92 Å². The quantitative estimate of drug-likeness (QED) is 0.538. The molecule has 3 rings (SSSR count). The van der Waals surface area contributed by atoms with Crippen LogP contribution in [0.15, 0.2) is 33.7 Å². The Labute approximate surface area is 160 Å². The lowest BCUT2D eigenvalue weighted by Crippen LogP contribution is -2.43. The largest absolute Gasteiger partial charge is 0.356 e. The predicted octanol–water partition coefficient (Wildman–Crippen LogP) is 3.38. The summed E-state index contributed by atoms with van der Waals surface area (Å²) < 4.78 is 1.22. The number of guanidine groups is 1. The summed E-state index contributed by atoms with van der Waals surface area (Å²) in [7, 11) is 1.87. The van der Waals surface area contributed by atoms with Gasteiger partial charge in [0, 0.05) is 36.6 Å². The molecule has 138 valence electrons. The standard InChI is InChI=1S/C20H31BrN4/c1-3-11-25-12-8-16(14-25)13-23-19(22-2)24-15-20(9-10-20)17-6-4-5-7-18(17)21/h4-7,16H,3,8-15H2,1-2H3,(H2,22,23,24). The van der Waals surface area contributed by atoms with Crippen molar-refractivity contribution in [2.75, 3.05) is 39.8 Å². The van der Waals surface area contributed by atoms with Gasteiger partial charge < -0.3 is 15.5 Å². The summed E-state index contributed by atoms with van der Waals surface area (Å²) in [6.45, 7) is 7.92. The monoisotopic (exact) mass is 406 g/mol. The summed E-state index contributed by atoms with van der Waals surface area (Å²) in [5, 5.41) is 7.10. The summed E-state index contributed by atoms with van der Waals surface area (Å²) >= 11 is 3.71. The molecular weight excluding hydrogens is 376 g/mol. The Morgan fingerprint density at radius 2 is 2.12 bits per heavy atom. The lowest BCUT2D eigenvalue weighted by atomic mass is 9.96. The SMILES string of the molecule is CCCN1CCC(CNC(=NC)NCC2(c3ccccc3Br)CC2)C1. The highest BCUT2D eigenvalue weighted by molar-refractivity contribution is 9.10. The first-order valence-electron chi connectivity index (χ1n) is 9.59. The molecule has 0 aromatic heterocycles. The highest BCUT2D eigenvalue weighted by Crippen LogP contribution is 2.49. The highest BCUT2D eigenvalue weighted by Gasteiger charge is 2.45. The van der Waals surface area contributed by atoms with E-state index in [1.54, 1.807) is 0 Å². The van der Waals surface area contributed by atoms with Crippen LogP contribution in [0.5, 0.6) is 0 Å². The molecule has 0 radical (unpaired) electrons. The van der Waals surface area contributed by atoms with Gasteiger partial charge in [-0.15, -0.1) is 0 Å². The minimum Gasteiger partial charge on any atom is -0.356 e. The second-order valence-corrected chi connectivity index (χ2v) is 8.38. The summed E-state index contributed by atoms with van der Waals surface area (Å²) in [6.07, 6.45) is 5.04. The van der Waals surface area contributed by atoms with E-state index < -0.39 is 0 Å². The molecule has 2 fully saturated rings. The van der Waals surface area contributed by atoms with Gasteiger partial charge in [-0.2, -0.15) is 0 Å². The molecule has 1 aliphatic carbocycles. The normalized spacial score (nSPS) is 22.8. The van der Waals surface area contributed by atoms with Gasteiger partial charge in [0.05, 0.1) is 0 Å². The van der Waals surface area contributed by atoms with Crippen LogP contribution in [0.2, 0.25) is 0 Å². The Morgan fingerprint density at radius 3 is 2.80 bits per heavy atom. The molecule has 2 N–H and O–H groups in total. The van der Waals surface area contributed by atoms with E-state index in [0.29, 0.717) is 0 Å². The first kappa shape index (κ1) is 18.7. The number of rotatable bonds is 7. The lowest BCUT2D eigenvalue weighted by molar-refractivity contribution is 0.324. The number of nitrogens with one attached hydrogen (secondary N) is 2. The third kappa shape index (κ3) is 4.76. The number of likely N-dealkylation sites (tertiary alicyclic amines) is 1. The van der Waals surface area contributed by atoms with Crippen molar-refractivity contribution in [3.63, 3.8) is 0 Å². The van der Waals surface area contributed by atoms with Crippen molar-refractivity contribution in [1.82, 2.24) is 15.5 Å². The van der Waals surface area contributed by atoms with E-state index in [1.165, 1.54) is 55.4 Å². The van der Waals surface area contributed by atoms with Crippen LogP contribution in [-0.2, 0) is 5.41 Å². The third-order valence-corrected chi connectivity index (χ3v) is 6.28. The van der Waals surface area contributed by atoms with Crippen LogP contribution in [-0.4, -0.2) is 50.6 Å². The molecule has 1 aromatic carbocycles. The van der Waals surface area contributed by atoms with Crippen molar-refractivity contribution in [2.24, 2.45) is 10.9 Å². The molecule has 1 saturated carbocycles. The fourth-order valence-electron chi connectivity index (χ4n) is 3.90. The minimum atomic E-state index is 0.267. The maximum absolute atomic E-state index is 4.42. The zero-order valence-corrected chi connectivity index (χ0v) is 17.1. The average molecular weight is 407 g/mol. The zero-order chi connectivity index (χ0) is 17.7. The molecule has 1 unspecified atom stereocenters. The number of hydrogen-bond donors (Lipinski definition) is 2. The van der Waals surface area contributed by atoms with Crippen molar-refractivity contribution in [1.29, 1.82) is 0 Å². The fourth-order valence-corrected chi connectivity index (χ4v) is 4.60. The van der Waals surface area contributed by atoms with E-state index in [1.807, 2.05) is 7.05 Å². The van der Waals surface area contributed by atoms with E-state index >= 15 is 0 Å². The second kappa shape index (κ2) is 8.54. The van der Waals surface area contributed by atoms with E-state index in [0.717, 1.165) is 25.0 Å². The average Bonchev–Trinajstić information content (AvgIpc) is 3.27. The molecule has 4 nitrogen and oxygen atoms in total. The van der Waals surface area contributed by atoms with Crippen LogP contribution >= 0.6 is 15.9 Å². The van der Waals surface area contributed by atoms with Crippen LogP contribution in [0.4, 0.5) is 0 Å². The second-order valence-electron chi connectivity index (χ2n) is 7.52. The summed E-state index contributed by atoms with van der Waals surface area (Å²) in [5.74, 6) is 1.68. The number of halogens is 1. The van der Waals surface area contributed by atoms with Gasteiger partial charge in [-0.25, -0.2) is 0 Å². The molecule has 0 spiro atoms. The van der Waals surface area contributed by atoms with Crippen molar-refractivity contribution < 1.29 is 0 Å². The van der Waals surface area contributed by atoms with Gasteiger partial charge in [0.2, 0.25) is 0 Å². The maximum Gasteiger partial charge on any atom is 0.191 e. The molecule has 0 bridgehead atoms. The van der Waals surface area contributed by atoms with Gasteiger partial charge in [-0.3, -0.25) is 4.99 Å². The van der Waals surface area contributed by atoms with Gasteiger partial charge in [0.1, 0.15) is 0 Å². The Morgan fingerprint density at radius 1 is 1.32 bits per heavy atom. The number of aliphatic imine (C=N–C) groups is 1. The fraction of sp³-hybridized carbons (Fsp3) is 0.650. The van der Waals surface area contributed by atoms with Crippen LogP contribution < -0.4 is 10.6 Å². The van der Waals surface area contributed by atoms with Gasteiger partial charge in [-0.05, 0) is 56.3 Å². The summed E-state index contributed by atoms with van der Waals surface area (Å²) in [6, 6.07) is 8.61. The molecule has 1 saturated heterocycles. The van der Waals surface area contributed by atoms with Gasteiger partial charge >= 0.3 is 0 Å². The molecule has 1 heterocycles. The topological polar surface area (TPSA) is 39.7 Å². The Bertz CT molecular complexity index is 597. The molecule has 1 atom stereocenters. The smallest absolute Gasteiger partial charge is 0.191 e. The molecule has 0 amide bonds. The first-order chi connectivity index (χ1) is 12.2. The number of benzene rings is 1. The zero-order valence-electron chi connectivity index (χ0n) is 15.5. The molecule has 2 aliphatic rings. The molecule has 1 aromatic rings. The van der Waals surface area contributed by atoms with Gasteiger partial charge in [-0.1, -0.05) is 41.1 Å². The summed E-state index contributed by atoms with van der Waals surface area (Å²) in [4.78, 5) is 7.00. The minimum absolute atomic E-state index is 0.267. The Hall–Kier alpha value is -1.07. The van der Waals surface area contributed by atoms with Crippen LogP contribution in [0.3, 0.4) is 0 Å². The first-order valence-corrected chi connectivity index (χ1v) is 10.4. The lowest BCUT2D eigenvalue weighted by Gasteiger charge is -2.21. The van der Waals surface area contributed by atoms with Crippen molar-refractivity contribution in [3.8, 4) is 0 Å². The van der Waals surface area contributed by atoms with Crippen molar-refractivity contribution in [3.05, 3.63) is 34.3 Å².